The summed E-state index contributed by atoms with van der Waals surface area (Å²) in [5, 5.41) is 4.98. The molecule has 0 spiro atoms. The number of hydrogen-bond acceptors (Lipinski definition) is 5. The number of nitrogens with zero attached hydrogens (tertiary/aromatic N) is 3. The molecule has 7 N–H and O–H groups in total. The zero-order valence-corrected chi connectivity index (χ0v) is 12.2. The zero-order chi connectivity index (χ0) is 15.4. The highest BCUT2D eigenvalue weighted by molar-refractivity contribution is 6.02. The third kappa shape index (κ3) is 3.60. The van der Waals surface area contributed by atoms with Crippen molar-refractivity contribution in [1.29, 1.82) is 0 Å². The van der Waals surface area contributed by atoms with Gasteiger partial charge in [0.05, 0.1) is 18.4 Å². The van der Waals surface area contributed by atoms with E-state index in [1.165, 1.54) is 0 Å². The van der Waals surface area contributed by atoms with E-state index in [4.69, 9.17) is 15.9 Å². The lowest BCUT2D eigenvalue weighted by atomic mass is 10.1. The fourth-order valence-corrected chi connectivity index (χ4v) is 2.40. The van der Waals surface area contributed by atoms with Gasteiger partial charge in [0.1, 0.15) is 0 Å². The third-order valence-corrected chi connectivity index (χ3v) is 3.43. The maximum Gasteiger partial charge on any atom is 0.304 e. The number of nitrogens with one attached hydrogen (secondary N) is 1. The largest absolute Gasteiger partial charge is 0.461 e. The van der Waals surface area contributed by atoms with E-state index in [2.05, 4.69) is 20.3 Å². The van der Waals surface area contributed by atoms with E-state index in [0.717, 1.165) is 25.9 Å². The van der Waals surface area contributed by atoms with Crippen LogP contribution in [0.2, 0.25) is 0 Å². The predicted molar refractivity (Wildman–Crippen MR) is 84.4 cm³/mol. The molecule has 0 aromatic carbocycles. The second kappa shape index (κ2) is 6.54. The molecule has 2 aliphatic heterocycles. The molecule has 8 heteroatoms. The second-order valence-electron chi connectivity index (χ2n) is 5.21. The van der Waals surface area contributed by atoms with Crippen molar-refractivity contribution < 1.29 is 9.73 Å². The Labute approximate surface area is 128 Å². The lowest BCUT2D eigenvalue weighted by Crippen LogP contribution is -2.89. The Balaban J connectivity index is 1.79. The number of aliphatic imine (C=N–C) groups is 3. The summed E-state index contributed by atoms with van der Waals surface area (Å²) in [5.74, 6) is 2.38. The van der Waals surface area contributed by atoms with Crippen LogP contribution in [0, 0.1) is 0 Å². The number of rotatable bonds is 3. The van der Waals surface area contributed by atoms with Crippen LogP contribution in [-0.2, 0) is 0 Å². The lowest BCUT2D eigenvalue weighted by molar-refractivity contribution is -0.487. The fourth-order valence-electron chi connectivity index (χ4n) is 2.40. The van der Waals surface area contributed by atoms with Crippen LogP contribution in [0.4, 0.5) is 0 Å². The molecule has 0 saturated carbocycles. The fraction of sp³-hybridized carbons (Fsp3) is 0.357. The first kappa shape index (κ1) is 14.5. The van der Waals surface area contributed by atoms with Crippen molar-refractivity contribution in [2.45, 2.75) is 18.9 Å². The van der Waals surface area contributed by atoms with Crippen molar-refractivity contribution in [3.05, 3.63) is 36.1 Å². The molecule has 1 aromatic heterocycles. The van der Waals surface area contributed by atoms with Gasteiger partial charge >= 0.3 is 5.96 Å². The topological polar surface area (TPSA) is 131 Å². The zero-order valence-electron chi connectivity index (χ0n) is 12.2. The van der Waals surface area contributed by atoms with Crippen LogP contribution < -0.4 is 22.1 Å². The Morgan fingerprint density at radius 3 is 3.14 bits per heavy atom. The number of piperidine rings is 1. The van der Waals surface area contributed by atoms with Crippen molar-refractivity contribution >= 4 is 17.6 Å². The van der Waals surface area contributed by atoms with Gasteiger partial charge in [0.2, 0.25) is 5.82 Å². The van der Waals surface area contributed by atoms with E-state index in [1.54, 1.807) is 29.8 Å². The molecule has 0 radical (unpaired) electrons. The SMILES string of the molecule is NC1=NC(=NC2CCCNC2)C=C(/N=C(\N)c2ccco2)[NH2+]1. The van der Waals surface area contributed by atoms with Crippen molar-refractivity contribution in [3.8, 4) is 0 Å². The Morgan fingerprint density at radius 2 is 2.41 bits per heavy atom. The summed E-state index contributed by atoms with van der Waals surface area (Å²) in [6.07, 6.45) is 5.50. The molecule has 3 rings (SSSR count). The Kier molecular flexibility index (Phi) is 4.31. The summed E-state index contributed by atoms with van der Waals surface area (Å²) >= 11 is 0. The van der Waals surface area contributed by atoms with Crippen LogP contribution in [0.25, 0.3) is 0 Å². The molecule has 2 aliphatic rings. The first-order valence-electron chi connectivity index (χ1n) is 7.28. The Hall–Kier alpha value is -2.45. The molecule has 116 valence electrons. The van der Waals surface area contributed by atoms with E-state index in [0.29, 0.717) is 29.2 Å². The van der Waals surface area contributed by atoms with Gasteiger partial charge in [0, 0.05) is 6.54 Å². The Morgan fingerprint density at radius 1 is 1.50 bits per heavy atom. The van der Waals surface area contributed by atoms with Crippen LogP contribution in [0.1, 0.15) is 18.6 Å². The molecule has 0 aliphatic carbocycles. The predicted octanol–water partition coefficient (Wildman–Crippen LogP) is -1.13. The van der Waals surface area contributed by atoms with Gasteiger partial charge in [-0.15, -0.1) is 0 Å². The van der Waals surface area contributed by atoms with E-state index in [1.807, 2.05) is 0 Å². The molecule has 8 nitrogen and oxygen atoms in total. The minimum absolute atomic E-state index is 0.224. The molecular weight excluding hydrogens is 282 g/mol. The number of hydrogen-bond donors (Lipinski definition) is 4. The number of quaternary nitrogens is 1. The van der Waals surface area contributed by atoms with Crippen LogP contribution in [0.3, 0.4) is 0 Å². The first-order valence-corrected chi connectivity index (χ1v) is 7.28. The molecule has 0 bridgehead atoms. The maximum atomic E-state index is 5.91. The van der Waals surface area contributed by atoms with Crippen molar-refractivity contribution in [2.24, 2.45) is 26.4 Å². The summed E-state index contributed by atoms with van der Waals surface area (Å²) in [7, 11) is 0. The van der Waals surface area contributed by atoms with Crippen LogP contribution in [0.15, 0.2) is 49.7 Å². The second-order valence-corrected chi connectivity index (χ2v) is 5.21. The quantitative estimate of drug-likeness (QED) is 0.415. The van der Waals surface area contributed by atoms with Crippen molar-refractivity contribution in [1.82, 2.24) is 5.32 Å². The van der Waals surface area contributed by atoms with Gasteiger partial charge < -0.3 is 21.2 Å². The molecule has 1 fully saturated rings. The highest BCUT2D eigenvalue weighted by atomic mass is 16.3. The van der Waals surface area contributed by atoms with Gasteiger partial charge in [-0.3, -0.25) is 4.99 Å². The highest BCUT2D eigenvalue weighted by Gasteiger charge is 2.18. The summed E-state index contributed by atoms with van der Waals surface area (Å²) in [6.45, 7) is 1.91. The highest BCUT2D eigenvalue weighted by Crippen LogP contribution is 2.08. The van der Waals surface area contributed by atoms with Crippen LogP contribution in [-0.4, -0.2) is 36.8 Å². The lowest BCUT2D eigenvalue weighted by Gasteiger charge is -2.19. The minimum Gasteiger partial charge on any atom is -0.461 e. The van der Waals surface area contributed by atoms with Crippen LogP contribution in [0.5, 0.6) is 0 Å². The summed E-state index contributed by atoms with van der Waals surface area (Å²) in [6, 6.07) is 3.74. The standard InChI is InChI=1S/C14H19N7O/c15-13(10-4-2-6-22-10)19-12-7-11(20-14(16)21-12)18-9-3-1-5-17-8-9/h2,4,6-7,9,17H,1,3,5,8H2,(H5,15,16,18,19,20,21)/p+1. The summed E-state index contributed by atoms with van der Waals surface area (Å²) in [4.78, 5) is 13.2. The molecule has 1 unspecified atom stereocenters. The van der Waals surface area contributed by atoms with Gasteiger partial charge in [-0.05, 0) is 31.5 Å². The smallest absolute Gasteiger partial charge is 0.304 e. The number of nitrogens with two attached hydrogens (primary N) is 3. The average Bonchev–Trinajstić information content (AvgIpc) is 3.02. The molecule has 1 aromatic rings. The molecule has 3 heterocycles. The van der Waals surface area contributed by atoms with Crippen molar-refractivity contribution in [3.63, 3.8) is 0 Å². The van der Waals surface area contributed by atoms with Crippen LogP contribution >= 0.6 is 0 Å². The van der Waals surface area contributed by atoms with Gasteiger partial charge in [0.15, 0.2) is 17.4 Å². The molecular formula is C14H20N7O+. The number of guanidine groups is 1. The number of amidine groups is 2. The average molecular weight is 302 g/mol. The number of furan rings is 1. The molecule has 22 heavy (non-hydrogen) atoms. The maximum absolute atomic E-state index is 5.91. The summed E-state index contributed by atoms with van der Waals surface area (Å²) < 4.78 is 5.22. The minimum atomic E-state index is 0.224. The molecule has 1 saturated heterocycles. The third-order valence-electron chi connectivity index (χ3n) is 3.43. The van der Waals surface area contributed by atoms with Gasteiger partial charge in [0.25, 0.3) is 0 Å². The normalized spacial score (nSPS) is 25.0. The van der Waals surface area contributed by atoms with Gasteiger partial charge in [-0.1, -0.05) is 0 Å². The first-order chi connectivity index (χ1) is 10.7. The monoisotopic (exact) mass is 302 g/mol. The summed E-state index contributed by atoms with van der Waals surface area (Å²) in [5.41, 5.74) is 11.7. The van der Waals surface area contributed by atoms with Gasteiger partial charge in [-0.25, -0.2) is 5.32 Å². The Bertz CT molecular complexity index is 636. The van der Waals surface area contributed by atoms with Gasteiger partial charge in [-0.2, -0.15) is 9.98 Å². The van der Waals surface area contributed by atoms with E-state index in [9.17, 15) is 0 Å². The van der Waals surface area contributed by atoms with E-state index >= 15 is 0 Å². The molecule has 1 atom stereocenters. The van der Waals surface area contributed by atoms with E-state index in [-0.39, 0.29) is 6.04 Å². The van der Waals surface area contributed by atoms with E-state index < -0.39 is 0 Å². The van der Waals surface area contributed by atoms with Crippen molar-refractivity contribution in [2.75, 3.05) is 13.1 Å². The molecule has 0 amide bonds.